The average molecular weight is 449 g/mol. The standard InChI is InChI=1S/C27H32N2O4/c1-20(2)11-16-25(30)29(19-24-10-7-17-33-24)26(22-12-14-23(32-3)15-13-22)27(31)28-18-21-8-5-4-6-9-21/h4-10,12-15,17,20,26H,11,16,18-19H2,1-3H3,(H,28,31). The van der Waals surface area contributed by atoms with Crippen molar-refractivity contribution in [1.29, 1.82) is 0 Å². The first-order chi connectivity index (χ1) is 16.0. The summed E-state index contributed by atoms with van der Waals surface area (Å²) in [5.41, 5.74) is 1.70. The number of ether oxygens (including phenoxy) is 1. The van der Waals surface area contributed by atoms with Gasteiger partial charge in [-0.05, 0) is 47.7 Å². The van der Waals surface area contributed by atoms with E-state index in [1.54, 1.807) is 36.5 Å². The Morgan fingerprint density at radius 1 is 1.00 bits per heavy atom. The first kappa shape index (κ1) is 24.1. The molecule has 3 rings (SSSR count). The van der Waals surface area contributed by atoms with Crippen LogP contribution >= 0.6 is 0 Å². The molecule has 0 spiro atoms. The molecule has 0 bridgehead atoms. The summed E-state index contributed by atoms with van der Waals surface area (Å²) in [6.07, 6.45) is 2.68. The van der Waals surface area contributed by atoms with Gasteiger partial charge < -0.3 is 19.4 Å². The molecule has 6 nitrogen and oxygen atoms in total. The van der Waals surface area contributed by atoms with Crippen molar-refractivity contribution in [2.75, 3.05) is 7.11 Å². The SMILES string of the molecule is COc1ccc(C(C(=O)NCc2ccccc2)N(Cc2ccco2)C(=O)CCC(C)C)cc1. The molecule has 0 aliphatic heterocycles. The van der Waals surface area contributed by atoms with Gasteiger partial charge in [-0.1, -0.05) is 56.3 Å². The van der Waals surface area contributed by atoms with Gasteiger partial charge in [-0.15, -0.1) is 0 Å². The number of rotatable bonds is 11. The molecule has 0 radical (unpaired) electrons. The largest absolute Gasteiger partial charge is 0.497 e. The van der Waals surface area contributed by atoms with Crippen LogP contribution in [0.5, 0.6) is 5.75 Å². The second-order valence-electron chi connectivity index (χ2n) is 8.41. The van der Waals surface area contributed by atoms with E-state index in [4.69, 9.17) is 9.15 Å². The van der Waals surface area contributed by atoms with Gasteiger partial charge in [0.15, 0.2) is 0 Å². The average Bonchev–Trinajstić information content (AvgIpc) is 3.35. The highest BCUT2D eigenvalue weighted by Crippen LogP contribution is 2.27. The summed E-state index contributed by atoms with van der Waals surface area (Å²) in [5, 5.41) is 3.01. The number of carbonyl (C=O) groups excluding carboxylic acids is 2. The lowest BCUT2D eigenvalue weighted by molar-refractivity contribution is -0.142. The first-order valence-electron chi connectivity index (χ1n) is 11.3. The number of carbonyl (C=O) groups is 2. The summed E-state index contributed by atoms with van der Waals surface area (Å²) >= 11 is 0. The Balaban J connectivity index is 1.92. The predicted octanol–water partition coefficient (Wildman–Crippen LogP) is 5.11. The highest BCUT2D eigenvalue weighted by Gasteiger charge is 2.32. The molecule has 1 heterocycles. The molecule has 1 unspecified atom stereocenters. The fourth-order valence-electron chi connectivity index (χ4n) is 3.59. The zero-order valence-electron chi connectivity index (χ0n) is 19.5. The van der Waals surface area contributed by atoms with Crippen molar-refractivity contribution in [2.24, 2.45) is 5.92 Å². The van der Waals surface area contributed by atoms with E-state index in [0.717, 1.165) is 12.0 Å². The molecule has 0 aliphatic rings. The molecule has 0 saturated carbocycles. The first-order valence-corrected chi connectivity index (χ1v) is 11.3. The van der Waals surface area contributed by atoms with Gasteiger partial charge >= 0.3 is 0 Å². The normalized spacial score (nSPS) is 11.8. The van der Waals surface area contributed by atoms with Crippen LogP contribution in [0, 0.1) is 5.92 Å². The van der Waals surface area contributed by atoms with E-state index in [1.807, 2.05) is 48.5 Å². The van der Waals surface area contributed by atoms with Gasteiger partial charge in [-0.2, -0.15) is 0 Å². The van der Waals surface area contributed by atoms with Crippen molar-refractivity contribution in [1.82, 2.24) is 10.2 Å². The fourth-order valence-corrected chi connectivity index (χ4v) is 3.59. The quantitative estimate of drug-likeness (QED) is 0.442. The predicted molar refractivity (Wildman–Crippen MR) is 127 cm³/mol. The van der Waals surface area contributed by atoms with Crippen molar-refractivity contribution in [3.05, 3.63) is 89.9 Å². The van der Waals surface area contributed by atoms with E-state index in [-0.39, 0.29) is 18.4 Å². The molecule has 174 valence electrons. The van der Waals surface area contributed by atoms with E-state index >= 15 is 0 Å². The molecular weight excluding hydrogens is 416 g/mol. The minimum Gasteiger partial charge on any atom is -0.497 e. The molecule has 0 fully saturated rings. The zero-order chi connectivity index (χ0) is 23.6. The minimum absolute atomic E-state index is 0.0872. The smallest absolute Gasteiger partial charge is 0.247 e. The van der Waals surface area contributed by atoms with Gasteiger partial charge in [-0.25, -0.2) is 0 Å². The minimum atomic E-state index is -0.801. The van der Waals surface area contributed by atoms with Crippen LogP contribution in [0.25, 0.3) is 0 Å². The van der Waals surface area contributed by atoms with Crippen LogP contribution in [0.3, 0.4) is 0 Å². The Labute approximate surface area is 195 Å². The number of nitrogens with one attached hydrogen (secondary N) is 1. The Morgan fingerprint density at radius 2 is 1.73 bits per heavy atom. The third kappa shape index (κ3) is 6.97. The van der Waals surface area contributed by atoms with Crippen LogP contribution in [-0.4, -0.2) is 23.8 Å². The van der Waals surface area contributed by atoms with Gasteiger partial charge in [0.05, 0.1) is 19.9 Å². The summed E-state index contributed by atoms with van der Waals surface area (Å²) in [6, 6.07) is 19.8. The van der Waals surface area contributed by atoms with Gasteiger partial charge in [-0.3, -0.25) is 9.59 Å². The van der Waals surface area contributed by atoms with Crippen molar-refractivity contribution >= 4 is 11.8 Å². The third-order valence-corrected chi connectivity index (χ3v) is 5.46. The molecule has 0 saturated heterocycles. The maximum atomic E-state index is 13.5. The molecule has 1 N–H and O–H groups in total. The summed E-state index contributed by atoms with van der Waals surface area (Å²) in [7, 11) is 1.59. The highest BCUT2D eigenvalue weighted by atomic mass is 16.5. The number of hydrogen-bond acceptors (Lipinski definition) is 4. The van der Waals surface area contributed by atoms with Gasteiger partial charge in [0, 0.05) is 13.0 Å². The Bertz CT molecular complexity index is 998. The van der Waals surface area contributed by atoms with Gasteiger partial charge in [0.2, 0.25) is 11.8 Å². The molecule has 3 aromatic rings. The maximum Gasteiger partial charge on any atom is 0.247 e. The van der Waals surface area contributed by atoms with E-state index < -0.39 is 6.04 Å². The topological polar surface area (TPSA) is 71.8 Å². The number of methoxy groups -OCH3 is 1. The molecule has 33 heavy (non-hydrogen) atoms. The summed E-state index contributed by atoms with van der Waals surface area (Å²) in [4.78, 5) is 28.5. The Hall–Kier alpha value is -3.54. The zero-order valence-corrected chi connectivity index (χ0v) is 19.5. The molecular formula is C27H32N2O4. The van der Waals surface area contributed by atoms with Crippen LogP contribution in [0.15, 0.2) is 77.4 Å². The van der Waals surface area contributed by atoms with E-state index in [0.29, 0.717) is 36.0 Å². The molecule has 1 atom stereocenters. The second kappa shape index (κ2) is 11.9. The molecule has 1 aromatic heterocycles. The van der Waals surface area contributed by atoms with Crippen LogP contribution < -0.4 is 10.1 Å². The van der Waals surface area contributed by atoms with Crippen molar-refractivity contribution in [3.63, 3.8) is 0 Å². The maximum absolute atomic E-state index is 13.5. The van der Waals surface area contributed by atoms with E-state index in [2.05, 4.69) is 19.2 Å². The summed E-state index contributed by atoms with van der Waals surface area (Å²) < 4.78 is 10.8. The number of furan rings is 1. The van der Waals surface area contributed by atoms with Crippen LogP contribution in [-0.2, 0) is 22.7 Å². The van der Waals surface area contributed by atoms with Crippen molar-refractivity contribution in [2.45, 2.75) is 45.8 Å². The lowest BCUT2D eigenvalue weighted by Gasteiger charge is -2.31. The lowest BCUT2D eigenvalue weighted by atomic mass is 10.0. The van der Waals surface area contributed by atoms with E-state index in [1.165, 1.54) is 0 Å². The number of amides is 2. The monoisotopic (exact) mass is 448 g/mol. The summed E-state index contributed by atoms with van der Waals surface area (Å²) in [5.74, 6) is 1.36. The van der Waals surface area contributed by atoms with Gasteiger partial charge in [0.1, 0.15) is 17.6 Å². The molecule has 6 heteroatoms. The number of benzene rings is 2. The third-order valence-electron chi connectivity index (χ3n) is 5.46. The number of nitrogens with zero attached hydrogens (tertiary/aromatic N) is 1. The second-order valence-corrected chi connectivity index (χ2v) is 8.41. The molecule has 2 aromatic carbocycles. The fraction of sp³-hybridized carbons (Fsp3) is 0.333. The van der Waals surface area contributed by atoms with Crippen molar-refractivity contribution < 1.29 is 18.7 Å². The van der Waals surface area contributed by atoms with Crippen LogP contribution in [0.2, 0.25) is 0 Å². The lowest BCUT2D eigenvalue weighted by Crippen LogP contribution is -2.43. The van der Waals surface area contributed by atoms with Gasteiger partial charge in [0.25, 0.3) is 0 Å². The Morgan fingerprint density at radius 3 is 2.33 bits per heavy atom. The summed E-state index contributed by atoms with van der Waals surface area (Å²) in [6.45, 7) is 4.75. The molecule has 2 amide bonds. The van der Waals surface area contributed by atoms with E-state index in [9.17, 15) is 9.59 Å². The molecule has 0 aliphatic carbocycles. The number of hydrogen-bond donors (Lipinski definition) is 1. The van der Waals surface area contributed by atoms with Crippen LogP contribution in [0.1, 0.15) is 49.6 Å². The van der Waals surface area contributed by atoms with Crippen molar-refractivity contribution in [3.8, 4) is 5.75 Å². The Kier molecular flexibility index (Phi) is 8.70. The highest BCUT2D eigenvalue weighted by molar-refractivity contribution is 5.88. The van der Waals surface area contributed by atoms with Crippen LogP contribution in [0.4, 0.5) is 0 Å².